The monoisotopic (exact) mass is 477 g/mol. The zero-order valence-electron chi connectivity index (χ0n) is 18.1. The van der Waals surface area contributed by atoms with E-state index >= 15 is 0 Å². The molecule has 166 valence electrons. The minimum absolute atomic E-state index is 0. The van der Waals surface area contributed by atoms with Crippen LogP contribution in [-0.2, 0) is 4.74 Å². The molecular formula is C23H28ClN3O2S2. The number of thiazole rings is 1. The van der Waals surface area contributed by atoms with Crippen molar-refractivity contribution in [1.82, 2.24) is 9.88 Å². The number of thioether (sulfide) groups is 1. The first-order valence-electron chi connectivity index (χ1n) is 10.2. The fourth-order valence-corrected chi connectivity index (χ4v) is 5.39. The molecule has 3 aromatic rings. The number of para-hydroxylation sites is 1. The molecule has 0 bridgehead atoms. The number of anilines is 1. The van der Waals surface area contributed by atoms with E-state index in [1.165, 1.54) is 0 Å². The van der Waals surface area contributed by atoms with Crippen molar-refractivity contribution in [2.75, 3.05) is 50.5 Å². The van der Waals surface area contributed by atoms with Gasteiger partial charge in [-0.2, -0.15) is 0 Å². The normalized spacial score (nSPS) is 14.4. The number of carbonyl (C=O) groups excluding carboxylic acids is 1. The van der Waals surface area contributed by atoms with Crippen LogP contribution in [0.4, 0.5) is 5.13 Å². The van der Waals surface area contributed by atoms with Gasteiger partial charge in [0, 0.05) is 36.6 Å². The second kappa shape index (κ2) is 10.8. The van der Waals surface area contributed by atoms with Gasteiger partial charge in [0.2, 0.25) is 0 Å². The number of aryl methyl sites for hydroxylation is 2. The van der Waals surface area contributed by atoms with E-state index in [0.717, 1.165) is 69.8 Å². The smallest absolute Gasteiger partial charge is 0.260 e. The number of ether oxygens (including phenoxy) is 1. The van der Waals surface area contributed by atoms with Crippen molar-refractivity contribution in [3.8, 4) is 0 Å². The van der Waals surface area contributed by atoms with Crippen molar-refractivity contribution in [2.24, 2.45) is 0 Å². The molecule has 5 nitrogen and oxygen atoms in total. The standard InChI is InChI=1S/C23H27N3O2S2.ClH/c1-16-7-8-18(17(2)15-16)22(27)26(10-9-25-11-13-28-14-12-25)23-24-21-19(29-3)5-4-6-20(21)30-23;/h4-8,15H,9-14H2,1-3H3;1H. The molecule has 1 aliphatic heterocycles. The van der Waals surface area contributed by atoms with Crippen molar-refractivity contribution in [2.45, 2.75) is 18.7 Å². The lowest BCUT2D eigenvalue weighted by Crippen LogP contribution is -2.43. The summed E-state index contributed by atoms with van der Waals surface area (Å²) in [5, 5.41) is 0.768. The first-order valence-corrected chi connectivity index (χ1v) is 12.2. The van der Waals surface area contributed by atoms with Gasteiger partial charge in [-0.25, -0.2) is 4.98 Å². The van der Waals surface area contributed by atoms with Crippen LogP contribution in [0.1, 0.15) is 21.5 Å². The molecule has 1 saturated heterocycles. The van der Waals surface area contributed by atoms with E-state index in [9.17, 15) is 4.79 Å². The van der Waals surface area contributed by atoms with E-state index in [2.05, 4.69) is 42.3 Å². The van der Waals surface area contributed by atoms with Crippen LogP contribution in [-0.4, -0.2) is 61.4 Å². The van der Waals surface area contributed by atoms with Gasteiger partial charge in [-0.05, 0) is 43.9 Å². The molecule has 1 aliphatic rings. The SMILES string of the molecule is CSc1cccc2sc(N(CCN3CCOCC3)C(=O)c3ccc(C)cc3C)nc12.Cl. The Morgan fingerprint density at radius 1 is 1.23 bits per heavy atom. The second-order valence-corrected chi connectivity index (χ2v) is 9.39. The Morgan fingerprint density at radius 2 is 2.00 bits per heavy atom. The Balaban J connectivity index is 0.00000272. The summed E-state index contributed by atoms with van der Waals surface area (Å²) in [6, 6.07) is 12.2. The van der Waals surface area contributed by atoms with E-state index in [1.807, 2.05) is 24.0 Å². The van der Waals surface area contributed by atoms with Gasteiger partial charge >= 0.3 is 0 Å². The summed E-state index contributed by atoms with van der Waals surface area (Å²) in [7, 11) is 0. The van der Waals surface area contributed by atoms with Gasteiger partial charge in [-0.1, -0.05) is 35.1 Å². The lowest BCUT2D eigenvalue weighted by molar-refractivity contribution is 0.0391. The number of hydrogen-bond donors (Lipinski definition) is 0. The molecular weight excluding hydrogens is 450 g/mol. The molecule has 2 heterocycles. The van der Waals surface area contributed by atoms with Crippen molar-refractivity contribution < 1.29 is 9.53 Å². The quantitative estimate of drug-likeness (QED) is 0.465. The molecule has 4 rings (SSSR count). The summed E-state index contributed by atoms with van der Waals surface area (Å²) in [4.78, 5) is 23.9. The summed E-state index contributed by atoms with van der Waals surface area (Å²) in [6.07, 6.45) is 2.06. The maximum Gasteiger partial charge on any atom is 0.260 e. The van der Waals surface area contributed by atoms with Crippen molar-refractivity contribution in [1.29, 1.82) is 0 Å². The van der Waals surface area contributed by atoms with Gasteiger partial charge in [0.15, 0.2) is 5.13 Å². The molecule has 0 saturated carbocycles. The number of aromatic nitrogens is 1. The molecule has 0 unspecified atom stereocenters. The number of fused-ring (bicyclic) bond motifs is 1. The van der Waals surface area contributed by atoms with Crippen LogP contribution in [0, 0.1) is 13.8 Å². The number of halogens is 1. The topological polar surface area (TPSA) is 45.7 Å². The van der Waals surface area contributed by atoms with Gasteiger partial charge in [-0.3, -0.25) is 14.6 Å². The minimum atomic E-state index is 0. The predicted molar refractivity (Wildman–Crippen MR) is 134 cm³/mol. The third kappa shape index (κ3) is 5.41. The number of hydrogen-bond acceptors (Lipinski definition) is 6. The van der Waals surface area contributed by atoms with Crippen LogP contribution in [0.2, 0.25) is 0 Å². The Hall–Kier alpha value is -1.64. The maximum absolute atomic E-state index is 13.6. The van der Waals surface area contributed by atoms with Gasteiger partial charge in [0.25, 0.3) is 5.91 Å². The fraction of sp³-hybridized carbons (Fsp3) is 0.391. The highest BCUT2D eigenvalue weighted by Crippen LogP contribution is 2.34. The van der Waals surface area contributed by atoms with E-state index in [0.29, 0.717) is 6.54 Å². The van der Waals surface area contributed by atoms with Gasteiger partial charge in [0.05, 0.1) is 23.4 Å². The maximum atomic E-state index is 13.6. The van der Waals surface area contributed by atoms with Crippen LogP contribution in [0.3, 0.4) is 0 Å². The lowest BCUT2D eigenvalue weighted by atomic mass is 10.0. The van der Waals surface area contributed by atoms with Crippen molar-refractivity contribution in [3.63, 3.8) is 0 Å². The average molecular weight is 478 g/mol. The third-order valence-electron chi connectivity index (χ3n) is 5.42. The summed E-state index contributed by atoms with van der Waals surface area (Å²) in [5.74, 6) is 0.0190. The van der Waals surface area contributed by atoms with E-state index < -0.39 is 0 Å². The molecule has 1 aromatic heterocycles. The summed E-state index contributed by atoms with van der Waals surface area (Å²) in [6.45, 7) is 8.79. The van der Waals surface area contributed by atoms with E-state index in [-0.39, 0.29) is 18.3 Å². The molecule has 0 radical (unpaired) electrons. The number of benzene rings is 2. The summed E-state index contributed by atoms with van der Waals surface area (Å²) < 4.78 is 6.58. The third-order valence-corrected chi connectivity index (χ3v) is 7.24. The second-order valence-electron chi connectivity index (χ2n) is 7.53. The Bertz CT molecular complexity index is 1050. The first kappa shape index (κ1) is 24.0. The van der Waals surface area contributed by atoms with Crippen LogP contribution >= 0.6 is 35.5 Å². The van der Waals surface area contributed by atoms with Gasteiger partial charge < -0.3 is 4.74 Å². The molecule has 0 spiro atoms. The van der Waals surface area contributed by atoms with Crippen LogP contribution in [0.15, 0.2) is 41.3 Å². The lowest BCUT2D eigenvalue weighted by Gasteiger charge is -2.29. The predicted octanol–water partition coefficient (Wildman–Crippen LogP) is 5.04. The molecule has 8 heteroatoms. The minimum Gasteiger partial charge on any atom is -0.379 e. The highest BCUT2D eigenvalue weighted by molar-refractivity contribution is 7.98. The highest BCUT2D eigenvalue weighted by atomic mass is 35.5. The Labute approximate surface area is 198 Å². The van der Waals surface area contributed by atoms with E-state index in [1.54, 1.807) is 23.1 Å². The van der Waals surface area contributed by atoms with Crippen molar-refractivity contribution in [3.05, 3.63) is 53.1 Å². The Morgan fingerprint density at radius 3 is 2.71 bits per heavy atom. The molecule has 31 heavy (non-hydrogen) atoms. The summed E-state index contributed by atoms with van der Waals surface area (Å²) in [5.41, 5.74) is 3.89. The number of carbonyl (C=O) groups is 1. The molecule has 1 amide bonds. The number of nitrogens with zero attached hydrogens (tertiary/aromatic N) is 3. The highest BCUT2D eigenvalue weighted by Gasteiger charge is 2.24. The Kier molecular flexibility index (Phi) is 8.36. The fourth-order valence-electron chi connectivity index (χ4n) is 3.74. The largest absolute Gasteiger partial charge is 0.379 e. The van der Waals surface area contributed by atoms with Crippen LogP contribution in [0.5, 0.6) is 0 Å². The van der Waals surface area contributed by atoms with Crippen LogP contribution in [0.25, 0.3) is 10.2 Å². The molecule has 0 aliphatic carbocycles. The van der Waals surface area contributed by atoms with Crippen molar-refractivity contribution >= 4 is 56.8 Å². The average Bonchev–Trinajstić information content (AvgIpc) is 3.18. The number of morpholine rings is 1. The molecule has 0 atom stereocenters. The first-order chi connectivity index (χ1) is 14.6. The van der Waals surface area contributed by atoms with E-state index in [4.69, 9.17) is 9.72 Å². The van der Waals surface area contributed by atoms with Gasteiger partial charge in [-0.15, -0.1) is 24.2 Å². The summed E-state index contributed by atoms with van der Waals surface area (Å²) >= 11 is 3.28. The number of rotatable bonds is 6. The van der Waals surface area contributed by atoms with Crippen LogP contribution < -0.4 is 4.90 Å². The molecule has 2 aromatic carbocycles. The molecule has 1 fully saturated rings. The zero-order valence-corrected chi connectivity index (χ0v) is 20.5. The zero-order chi connectivity index (χ0) is 21.1. The van der Waals surface area contributed by atoms with Gasteiger partial charge in [0.1, 0.15) is 0 Å². The number of amides is 1. The molecule has 0 N–H and O–H groups in total.